The first-order valence-electron chi connectivity index (χ1n) is 5.89. The predicted molar refractivity (Wildman–Crippen MR) is 72.0 cm³/mol. The summed E-state index contributed by atoms with van der Waals surface area (Å²) in [6, 6.07) is 2.01. The molecular weight excluding hydrogens is 272 g/mol. The van der Waals surface area contributed by atoms with Gasteiger partial charge in [-0.25, -0.2) is 8.78 Å². The second kappa shape index (κ2) is 5.75. The Morgan fingerprint density at radius 2 is 2.11 bits per heavy atom. The van der Waals surface area contributed by atoms with Crippen molar-refractivity contribution in [2.24, 2.45) is 5.84 Å². The van der Waals surface area contributed by atoms with Gasteiger partial charge in [-0.15, -0.1) is 0 Å². The third-order valence-electron chi connectivity index (χ3n) is 2.96. The molecule has 0 bridgehead atoms. The summed E-state index contributed by atoms with van der Waals surface area (Å²) < 4.78 is 27.1. The highest BCUT2D eigenvalue weighted by Crippen LogP contribution is 2.23. The Morgan fingerprint density at radius 1 is 1.47 bits per heavy atom. The normalized spacial score (nSPS) is 19.4. The van der Waals surface area contributed by atoms with E-state index in [9.17, 15) is 13.6 Å². The number of hydrogen-bond donors (Lipinski definition) is 2. The predicted octanol–water partition coefficient (Wildman–Crippen LogP) is 1.83. The van der Waals surface area contributed by atoms with Crippen LogP contribution in [0, 0.1) is 11.6 Å². The first-order chi connectivity index (χ1) is 9.02. The molecule has 1 atom stereocenters. The van der Waals surface area contributed by atoms with E-state index in [2.05, 4.69) is 0 Å². The lowest BCUT2D eigenvalue weighted by Crippen LogP contribution is -2.41. The minimum Gasteiger partial charge on any atom is -0.337 e. The van der Waals surface area contributed by atoms with E-state index in [1.807, 2.05) is 12.3 Å². The maximum atomic E-state index is 13.6. The summed E-state index contributed by atoms with van der Waals surface area (Å²) >= 11 is 1.78. The van der Waals surface area contributed by atoms with Crippen LogP contribution in [0.25, 0.3) is 0 Å². The van der Waals surface area contributed by atoms with Crippen molar-refractivity contribution in [3.8, 4) is 0 Å². The van der Waals surface area contributed by atoms with Crippen LogP contribution in [0.1, 0.15) is 17.3 Å². The zero-order valence-electron chi connectivity index (χ0n) is 10.5. The Kier molecular flexibility index (Phi) is 4.26. The van der Waals surface area contributed by atoms with Crippen LogP contribution in [0.5, 0.6) is 0 Å². The molecule has 19 heavy (non-hydrogen) atoms. The Labute approximate surface area is 114 Å². The molecule has 0 aliphatic carbocycles. The molecule has 1 heterocycles. The molecule has 0 spiro atoms. The van der Waals surface area contributed by atoms with Crippen molar-refractivity contribution >= 4 is 23.4 Å². The van der Waals surface area contributed by atoms with Gasteiger partial charge in [-0.1, -0.05) is 6.92 Å². The molecule has 104 valence electrons. The van der Waals surface area contributed by atoms with Gasteiger partial charge >= 0.3 is 0 Å². The Bertz CT molecular complexity index is 475. The van der Waals surface area contributed by atoms with Crippen molar-refractivity contribution in [1.29, 1.82) is 0 Å². The number of hydrogen-bond acceptors (Lipinski definition) is 4. The smallest absolute Gasteiger partial charge is 0.254 e. The summed E-state index contributed by atoms with van der Waals surface area (Å²) in [7, 11) is 0. The molecule has 3 N–H and O–H groups in total. The van der Waals surface area contributed by atoms with Crippen LogP contribution in [0.4, 0.5) is 14.5 Å². The molecule has 1 aromatic carbocycles. The lowest BCUT2D eigenvalue weighted by molar-refractivity contribution is 0.0762. The number of carbonyl (C=O) groups is 1. The average molecular weight is 287 g/mol. The average Bonchev–Trinajstić information content (AvgIpc) is 2.37. The second-order valence-corrected chi connectivity index (χ2v) is 5.94. The van der Waals surface area contributed by atoms with E-state index in [-0.39, 0.29) is 11.5 Å². The van der Waals surface area contributed by atoms with Gasteiger partial charge in [0.15, 0.2) is 11.6 Å². The third-order valence-corrected chi connectivity index (χ3v) is 4.10. The number of rotatable bonds is 2. The molecule has 1 saturated heterocycles. The minimum absolute atomic E-state index is 0.00750. The largest absolute Gasteiger partial charge is 0.337 e. The molecule has 7 heteroatoms. The minimum atomic E-state index is -0.870. The van der Waals surface area contributed by atoms with E-state index in [4.69, 9.17) is 5.84 Å². The molecule has 1 amide bonds. The number of halogens is 2. The van der Waals surface area contributed by atoms with Gasteiger partial charge in [0.05, 0.1) is 0 Å². The van der Waals surface area contributed by atoms with Crippen molar-refractivity contribution in [2.75, 3.05) is 24.3 Å². The summed E-state index contributed by atoms with van der Waals surface area (Å²) in [6.45, 7) is 3.20. The fourth-order valence-corrected chi connectivity index (χ4v) is 3.03. The quantitative estimate of drug-likeness (QED) is 0.643. The molecule has 4 nitrogen and oxygen atoms in total. The van der Waals surface area contributed by atoms with Gasteiger partial charge in [-0.3, -0.25) is 10.6 Å². The van der Waals surface area contributed by atoms with Gasteiger partial charge in [-0.2, -0.15) is 11.8 Å². The molecule has 2 rings (SSSR count). The van der Waals surface area contributed by atoms with E-state index < -0.39 is 17.3 Å². The Hall–Kier alpha value is -1.34. The highest BCUT2D eigenvalue weighted by molar-refractivity contribution is 7.99. The van der Waals surface area contributed by atoms with Gasteiger partial charge in [0.25, 0.3) is 5.91 Å². The zero-order valence-corrected chi connectivity index (χ0v) is 11.3. The highest BCUT2D eigenvalue weighted by Gasteiger charge is 2.24. The van der Waals surface area contributed by atoms with Crippen LogP contribution < -0.4 is 11.3 Å². The monoisotopic (exact) mass is 287 g/mol. The van der Waals surface area contributed by atoms with Crippen LogP contribution in [0.2, 0.25) is 0 Å². The highest BCUT2D eigenvalue weighted by atomic mass is 32.2. The molecule has 1 aliphatic rings. The van der Waals surface area contributed by atoms with E-state index in [1.54, 1.807) is 16.7 Å². The van der Waals surface area contributed by atoms with Crippen LogP contribution in [-0.4, -0.2) is 34.9 Å². The SMILES string of the molecule is CC1CN(C(=O)c2cc(F)c(NN)c(F)c2)CCS1. The van der Waals surface area contributed by atoms with Crippen molar-refractivity contribution in [3.05, 3.63) is 29.3 Å². The fourth-order valence-electron chi connectivity index (χ4n) is 2.02. The maximum Gasteiger partial charge on any atom is 0.254 e. The molecule has 1 aromatic rings. The molecule has 1 fully saturated rings. The van der Waals surface area contributed by atoms with Gasteiger partial charge in [0.2, 0.25) is 0 Å². The fraction of sp³-hybridized carbons (Fsp3) is 0.417. The number of amides is 1. The van der Waals surface area contributed by atoms with Gasteiger partial charge in [-0.05, 0) is 12.1 Å². The third kappa shape index (κ3) is 2.98. The number of nitrogens with two attached hydrogens (primary N) is 1. The van der Waals surface area contributed by atoms with Crippen molar-refractivity contribution in [1.82, 2.24) is 4.90 Å². The van der Waals surface area contributed by atoms with E-state index in [0.717, 1.165) is 17.9 Å². The van der Waals surface area contributed by atoms with Gasteiger partial charge in [0.1, 0.15) is 5.69 Å². The topological polar surface area (TPSA) is 58.4 Å². The van der Waals surface area contributed by atoms with Gasteiger partial charge in [0, 0.05) is 29.7 Å². The van der Waals surface area contributed by atoms with Crippen LogP contribution in [0.15, 0.2) is 12.1 Å². The zero-order chi connectivity index (χ0) is 14.0. The summed E-state index contributed by atoms with van der Waals surface area (Å²) in [6.07, 6.45) is 0. The molecule has 0 aromatic heterocycles. The lowest BCUT2D eigenvalue weighted by Gasteiger charge is -2.30. The standard InChI is InChI=1S/C12H15F2N3OS/c1-7-6-17(2-3-19-7)12(18)8-4-9(13)11(16-15)10(14)5-8/h4-5,7,16H,2-3,6,15H2,1H3. The van der Waals surface area contributed by atoms with Crippen molar-refractivity contribution < 1.29 is 13.6 Å². The van der Waals surface area contributed by atoms with Crippen LogP contribution in [0.3, 0.4) is 0 Å². The molecule has 1 aliphatic heterocycles. The number of anilines is 1. The molecular formula is C12H15F2N3OS. The molecule has 0 radical (unpaired) electrons. The van der Waals surface area contributed by atoms with Gasteiger partial charge < -0.3 is 10.3 Å². The lowest BCUT2D eigenvalue weighted by atomic mass is 10.1. The number of hydrazine groups is 1. The molecule has 1 unspecified atom stereocenters. The number of nitrogens with zero attached hydrogens (tertiary/aromatic N) is 1. The number of benzene rings is 1. The van der Waals surface area contributed by atoms with Crippen LogP contribution in [-0.2, 0) is 0 Å². The van der Waals surface area contributed by atoms with E-state index in [0.29, 0.717) is 18.3 Å². The van der Waals surface area contributed by atoms with Crippen LogP contribution >= 0.6 is 11.8 Å². The van der Waals surface area contributed by atoms with Crippen molar-refractivity contribution in [2.45, 2.75) is 12.2 Å². The first kappa shape index (κ1) is 14.1. The first-order valence-corrected chi connectivity index (χ1v) is 6.94. The Morgan fingerprint density at radius 3 is 2.63 bits per heavy atom. The maximum absolute atomic E-state index is 13.6. The number of nitrogens with one attached hydrogen (secondary N) is 1. The van der Waals surface area contributed by atoms with E-state index >= 15 is 0 Å². The second-order valence-electron chi connectivity index (χ2n) is 4.39. The summed E-state index contributed by atoms with van der Waals surface area (Å²) in [5.74, 6) is 3.75. The Balaban J connectivity index is 2.24. The van der Waals surface area contributed by atoms with Crippen molar-refractivity contribution in [3.63, 3.8) is 0 Å². The molecule has 0 saturated carbocycles. The summed E-state index contributed by atoms with van der Waals surface area (Å²) in [5, 5.41) is 0.331. The summed E-state index contributed by atoms with van der Waals surface area (Å²) in [4.78, 5) is 13.8. The number of nitrogen functional groups attached to an aromatic ring is 1. The number of carbonyl (C=O) groups excluding carboxylic acids is 1. The van der Waals surface area contributed by atoms with E-state index in [1.165, 1.54) is 0 Å². The number of thioether (sulfide) groups is 1. The summed E-state index contributed by atoms with van der Waals surface area (Å²) in [5.41, 5.74) is 1.51.